The average molecular weight is 245 g/mol. The van der Waals surface area contributed by atoms with Gasteiger partial charge in [-0.05, 0) is 55.9 Å². The summed E-state index contributed by atoms with van der Waals surface area (Å²) >= 11 is 1.96. The summed E-state index contributed by atoms with van der Waals surface area (Å²) < 4.78 is 1.44. The predicted octanol–water partition coefficient (Wildman–Crippen LogP) is 4.20. The van der Waals surface area contributed by atoms with Crippen LogP contribution < -0.4 is 0 Å². The molecule has 0 saturated carbocycles. The highest BCUT2D eigenvalue weighted by Crippen LogP contribution is 2.28. The van der Waals surface area contributed by atoms with Crippen LogP contribution in [-0.4, -0.2) is 18.0 Å². The molecule has 1 saturated heterocycles. The molecule has 0 atom stereocenters. The minimum atomic E-state index is 1.15. The van der Waals surface area contributed by atoms with Crippen molar-refractivity contribution in [3.8, 4) is 0 Å². The molecular weight excluding hydrogens is 226 g/mol. The molecule has 0 N–H and O–H groups in total. The van der Waals surface area contributed by atoms with Gasteiger partial charge < -0.3 is 0 Å². The van der Waals surface area contributed by atoms with E-state index >= 15 is 0 Å². The molecule has 2 aromatic rings. The molecule has 3 rings (SSSR count). The fourth-order valence-electron chi connectivity index (χ4n) is 2.61. The van der Waals surface area contributed by atoms with Crippen molar-refractivity contribution in [1.29, 1.82) is 0 Å². The smallest absolute Gasteiger partial charge is 0.0348 e. The lowest BCUT2D eigenvalue weighted by molar-refractivity contribution is 0.223. The monoisotopic (exact) mass is 245 g/mol. The lowest BCUT2D eigenvalue weighted by Crippen LogP contribution is -2.28. The van der Waals surface area contributed by atoms with Crippen molar-refractivity contribution in [2.24, 2.45) is 0 Å². The third-order valence-corrected chi connectivity index (χ3v) is 4.64. The molecule has 0 unspecified atom stereocenters. The van der Waals surface area contributed by atoms with E-state index in [9.17, 15) is 0 Å². The Morgan fingerprint density at radius 3 is 2.76 bits per heavy atom. The maximum atomic E-state index is 2.60. The molecule has 1 aromatic carbocycles. The number of aryl methyl sites for hydroxylation is 1. The fourth-order valence-corrected chi connectivity index (χ4v) is 3.81. The molecule has 17 heavy (non-hydrogen) atoms. The Bertz CT molecular complexity index is 509. The molecule has 1 aromatic heterocycles. The zero-order chi connectivity index (χ0) is 11.7. The second kappa shape index (κ2) is 4.79. The Morgan fingerprint density at radius 1 is 1.12 bits per heavy atom. The van der Waals surface area contributed by atoms with E-state index in [1.54, 1.807) is 0 Å². The van der Waals surface area contributed by atoms with E-state index in [1.165, 1.54) is 52.9 Å². The summed E-state index contributed by atoms with van der Waals surface area (Å²) in [6.07, 6.45) is 4.18. The summed E-state index contributed by atoms with van der Waals surface area (Å²) in [6, 6.07) is 9.13. The van der Waals surface area contributed by atoms with Gasteiger partial charge in [-0.2, -0.15) is 0 Å². The van der Waals surface area contributed by atoms with Crippen molar-refractivity contribution in [3.05, 3.63) is 34.7 Å². The van der Waals surface area contributed by atoms with Gasteiger partial charge in [0.25, 0.3) is 0 Å². The first-order valence-corrected chi connectivity index (χ1v) is 7.34. The highest BCUT2D eigenvalue weighted by Gasteiger charge is 2.11. The number of piperidine rings is 1. The lowest BCUT2D eigenvalue weighted by atomic mass is 10.1. The molecule has 0 bridgehead atoms. The van der Waals surface area contributed by atoms with Gasteiger partial charge in [0, 0.05) is 16.1 Å². The van der Waals surface area contributed by atoms with Crippen LogP contribution in [0.3, 0.4) is 0 Å². The minimum Gasteiger partial charge on any atom is -0.298 e. The van der Waals surface area contributed by atoms with Crippen molar-refractivity contribution in [2.75, 3.05) is 13.1 Å². The summed E-state index contributed by atoms with van der Waals surface area (Å²) in [7, 11) is 0. The van der Waals surface area contributed by atoms with Gasteiger partial charge in [0.05, 0.1) is 0 Å². The van der Waals surface area contributed by atoms with Gasteiger partial charge in [-0.3, -0.25) is 4.90 Å². The number of hydrogen-bond acceptors (Lipinski definition) is 2. The van der Waals surface area contributed by atoms with Gasteiger partial charge in [-0.25, -0.2) is 0 Å². The lowest BCUT2D eigenvalue weighted by Gasteiger charge is -2.25. The summed E-state index contributed by atoms with van der Waals surface area (Å²) in [5.74, 6) is 0. The van der Waals surface area contributed by atoms with Crippen LogP contribution in [0.15, 0.2) is 24.3 Å². The van der Waals surface area contributed by atoms with E-state index in [1.807, 2.05) is 11.3 Å². The quantitative estimate of drug-likeness (QED) is 0.766. The predicted molar refractivity (Wildman–Crippen MR) is 75.7 cm³/mol. The second-order valence-corrected chi connectivity index (χ2v) is 6.26. The van der Waals surface area contributed by atoms with Gasteiger partial charge in [0.15, 0.2) is 0 Å². The van der Waals surface area contributed by atoms with Crippen LogP contribution in [0.5, 0.6) is 0 Å². The molecule has 2 heterocycles. The molecule has 1 aliphatic heterocycles. The molecule has 0 spiro atoms. The van der Waals surface area contributed by atoms with Gasteiger partial charge in [-0.15, -0.1) is 11.3 Å². The van der Waals surface area contributed by atoms with Crippen LogP contribution >= 0.6 is 11.3 Å². The van der Waals surface area contributed by atoms with Gasteiger partial charge >= 0.3 is 0 Å². The highest BCUT2D eigenvalue weighted by atomic mass is 32.1. The number of likely N-dealkylation sites (tertiary alicyclic amines) is 1. The maximum absolute atomic E-state index is 2.60. The first-order chi connectivity index (χ1) is 8.31. The van der Waals surface area contributed by atoms with E-state index in [-0.39, 0.29) is 0 Å². The summed E-state index contributed by atoms with van der Waals surface area (Å²) in [5.41, 5.74) is 1.36. The van der Waals surface area contributed by atoms with Gasteiger partial charge in [0.1, 0.15) is 0 Å². The number of thiophene rings is 1. The Kier molecular flexibility index (Phi) is 3.17. The number of nitrogens with zero attached hydrogens (tertiary/aromatic N) is 1. The van der Waals surface area contributed by atoms with E-state index in [0.29, 0.717) is 0 Å². The van der Waals surface area contributed by atoms with E-state index < -0.39 is 0 Å². The zero-order valence-electron chi connectivity index (χ0n) is 10.4. The van der Waals surface area contributed by atoms with Crippen LogP contribution in [0.4, 0.5) is 0 Å². The molecular formula is C15H19NS. The van der Waals surface area contributed by atoms with Crippen molar-refractivity contribution in [3.63, 3.8) is 0 Å². The van der Waals surface area contributed by atoms with Crippen LogP contribution in [0.2, 0.25) is 0 Å². The summed E-state index contributed by atoms with van der Waals surface area (Å²) in [5, 5.41) is 1.41. The van der Waals surface area contributed by atoms with Crippen LogP contribution in [0.25, 0.3) is 10.1 Å². The standard InChI is InChI=1S/C15H19NS/c1-12-5-6-13-10-14(17-15(13)9-12)11-16-7-3-2-4-8-16/h5-6,9-10H,2-4,7-8,11H2,1H3. The van der Waals surface area contributed by atoms with E-state index in [2.05, 4.69) is 36.1 Å². The average Bonchev–Trinajstić information content (AvgIpc) is 2.71. The normalized spacial score (nSPS) is 17.7. The van der Waals surface area contributed by atoms with Gasteiger partial charge in [-0.1, -0.05) is 18.6 Å². The largest absolute Gasteiger partial charge is 0.298 e. The number of rotatable bonds is 2. The number of benzene rings is 1. The van der Waals surface area contributed by atoms with Crippen LogP contribution in [0.1, 0.15) is 29.7 Å². The Hall–Kier alpha value is -0.860. The summed E-state index contributed by atoms with van der Waals surface area (Å²) in [6.45, 7) is 5.89. The van der Waals surface area contributed by atoms with Crippen LogP contribution in [-0.2, 0) is 6.54 Å². The van der Waals surface area contributed by atoms with Gasteiger partial charge in [0.2, 0.25) is 0 Å². The molecule has 1 fully saturated rings. The third kappa shape index (κ3) is 2.53. The Labute approximate surface area is 107 Å². The Morgan fingerprint density at radius 2 is 1.94 bits per heavy atom. The van der Waals surface area contributed by atoms with E-state index in [0.717, 1.165) is 6.54 Å². The first kappa shape index (κ1) is 11.2. The van der Waals surface area contributed by atoms with E-state index in [4.69, 9.17) is 0 Å². The zero-order valence-corrected chi connectivity index (χ0v) is 11.2. The van der Waals surface area contributed by atoms with Crippen LogP contribution in [0, 0.1) is 6.92 Å². The molecule has 90 valence electrons. The number of fused-ring (bicyclic) bond motifs is 1. The molecule has 0 amide bonds. The van der Waals surface area contributed by atoms with Crippen molar-refractivity contribution in [2.45, 2.75) is 32.7 Å². The SMILES string of the molecule is Cc1ccc2cc(CN3CCCCC3)sc2c1. The number of hydrogen-bond donors (Lipinski definition) is 0. The minimum absolute atomic E-state index is 1.15. The van der Waals surface area contributed by atoms with Crippen molar-refractivity contribution in [1.82, 2.24) is 4.90 Å². The Balaban J connectivity index is 1.80. The molecule has 2 heteroatoms. The summed E-state index contributed by atoms with van der Waals surface area (Å²) in [4.78, 5) is 4.12. The molecule has 1 aliphatic rings. The molecule has 1 nitrogen and oxygen atoms in total. The van der Waals surface area contributed by atoms with Crippen molar-refractivity contribution >= 4 is 21.4 Å². The first-order valence-electron chi connectivity index (χ1n) is 6.53. The molecule has 0 aliphatic carbocycles. The second-order valence-electron chi connectivity index (χ2n) is 5.09. The highest BCUT2D eigenvalue weighted by molar-refractivity contribution is 7.19. The van der Waals surface area contributed by atoms with Crippen molar-refractivity contribution < 1.29 is 0 Å². The fraction of sp³-hybridized carbons (Fsp3) is 0.467. The third-order valence-electron chi connectivity index (χ3n) is 3.55. The topological polar surface area (TPSA) is 3.24 Å². The molecule has 0 radical (unpaired) electrons. The maximum Gasteiger partial charge on any atom is 0.0348 e.